The molecule has 0 saturated carbocycles. The predicted octanol–water partition coefficient (Wildman–Crippen LogP) is 3.67. The van der Waals surface area contributed by atoms with Gasteiger partial charge in [0, 0.05) is 11.1 Å². The van der Waals surface area contributed by atoms with E-state index in [4.69, 9.17) is 0 Å². The Morgan fingerprint density at radius 2 is 1.05 bits per heavy atom. The molecule has 0 saturated heterocycles. The summed E-state index contributed by atoms with van der Waals surface area (Å²) in [7, 11) is 0. The van der Waals surface area contributed by atoms with Crippen molar-refractivity contribution in [3.63, 3.8) is 0 Å². The fraction of sp³-hybridized carbons (Fsp3) is 0.438. The van der Waals surface area contributed by atoms with Crippen LogP contribution < -0.4 is 10.6 Å². The average Bonchev–Trinajstić information content (AvgIpc) is 3.50. The number of aromatic nitrogens is 4. The van der Waals surface area contributed by atoms with Gasteiger partial charge in [-0.2, -0.15) is 0 Å². The number of carbonyl (C=O) groups excluding carboxylic acids is 2. The maximum absolute atomic E-state index is 12.6. The number of imidazole rings is 2. The van der Waals surface area contributed by atoms with Gasteiger partial charge < -0.3 is 30.8 Å². The van der Waals surface area contributed by atoms with Gasteiger partial charge in [0.05, 0.1) is 57.2 Å². The Morgan fingerprint density at radius 1 is 0.690 bits per heavy atom. The zero-order chi connectivity index (χ0) is 31.1. The number of nitrogens with one attached hydrogen (secondary N) is 4. The fourth-order valence-corrected chi connectivity index (χ4v) is 3.92. The van der Waals surface area contributed by atoms with Crippen LogP contribution in [0.2, 0.25) is 0 Å². The second-order valence-electron chi connectivity index (χ2n) is 12.8. The lowest BCUT2D eigenvalue weighted by molar-refractivity contribution is -0.143. The van der Waals surface area contributed by atoms with Gasteiger partial charge in [-0.1, -0.05) is 11.8 Å². The highest BCUT2D eigenvalue weighted by Gasteiger charge is 2.42. The Hall–Kier alpha value is -4.20. The fourth-order valence-electron chi connectivity index (χ4n) is 3.92. The number of H-pyrrole nitrogens is 2. The van der Waals surface area contributed by atoms with Gasteiger partial charge in [-0.25, -0.2) is 9.97 Å². The summed E-state index contributed by atoms with van der Waals surface area (Å²) in [6.07, 6.45) is 0. The molecule has 0 fully saturated rings. The maximum Gasteiger partial charge on any atom is 0.228 e. The Kier molecular flexibility index (Phi) is 7.98. The lowest BCUT2D eigenvalue weighted by atomic mass is 9.76. The highest BCUT2D eigenvalue weighted by molar-refractivity contribution is 5.84. The van der Waals surface area contributed by atoms with E-state index in [0.717, 1.165) is 33.2 Å². The van der Waals surface area contributed by atoms with Crippen molar-refractivity contribution in [1.82, 2.24) is 30.6 Å². The molecule has 2 amide bonds. The van der Waals surface area contributed by atoms with Crippen LogP contribution in [0.15, 0.2) is 36.4 Å². The van der Waals surface area contributed by atoms with Crippen LogP contribution in [-0.4, -0.2) is 53.2 Å². The molecule has 0 bridgehead atoms. The number of amides is 2. The van der Waals surface area contributed by atoms with Crippen LogP contribution in [0.1, 0.15) is 78.2 Å². The van der Waals surface area contributed by atoms with Crippen molar-refractivity contribution in [3.8, 4) is 11.8 Å². The topological polar surface area (TPSA) is 156 Å². The van der Waals surface area contributed by atoms with Gasteiger partial charge in [0.2, 0.25) is 11.8 Å². The summed E-state index contributed by atoms with van der Waals surface area (Å²) >= 11 is 0. The van der Waals surface area contributed by atoms with Gasteiger partial charge >= 0.3 is 0 Å². The van der Waals surface area contributed by atoms with Gasteiger partial charge in [0.15, 0.2) is 0 Å². The molecule has 2 aromatic carbocycles. The number of hydrogen-bond acceptors (Lipinski definition) is 6. The van der Waals surface area contributed by atoms with Crippen LogP contribution in [0.25, 0.3) is 22.1 Å². The summed E-state index contributed by atoms with van der Waals surface area (Å²) in [5, 5.41) is 26.3. The lowest BCUT2D eigenvalue weighted by Gasteiger charge is -2.35. The molecular weight excluding hydrogens is 532 g/mol. The number of rotatable bonds is 8. The Morgan fingerprint density at radius 3 is 1.38 bits per heavy atom. The molecule has 0 spiro atoms. The summed E-state index contributed by atoms with van der Waals surface area (Å²) in [4.78, 5) is 40.8. The minimum absolute atomic E-state index is 0.209. The van der Waals surface area contributed by atoms with E-state index < -0.39 is 22.0 Å². The summed E-state index contributed by atoms with van der Waals surface area (Å²) in [5.74, 6) is 7.05. The highest BCUT2D eigenvalue weighted by atomic mass is 16.3. The highest BCUT2D eigenvalue weighted by Crippen LogP contribution is 2.31. The molecule has 0 aliphatic rings. The summed E-state index contributed by atoms with van der Waals surface area (Å²) in [6.45, 7) is 13.7. The van der Waals surface area contributed by atoms with Gasteiger partial charge in [-0.05, 0) is 91.8 Å². The number of carbonyl (C=O) groups is 2. The third kappa shape index (κ3) is 6.32. The smallest absolute Gasteiger partial charge is 0.228 e. The Labute approximate surface area is 245 Å². The second-order valence-corrected chi connectivity index (χ2v) is 12.8. The molecule has 0 aliphatic carbocycles. The molecule has 0 unspecified atom stereocenters. The van der Waals surface area contributed by atoms with Gasteiger partial charge in [-0.3, -0.25) is 9.59 Å². The molecule has 0 aliphatic heterocycles. The molecule has 6 N–H and O–H groups in total. The first-order valence-electron chi connectivity index (χ1n) is 13.9. The first-order valence-corrected chi connectivity index (χ1v) is 13.9. The number of nitrogens with zero attached hydrogens (tertiary/aromatic N) is 2. The summed E-state index contributed by atoms with van der Waals surface area (Å²) < 4.78 is 0. The van der Waals surface area contributed by atoms with Crippen molar-refractivity contribution in [2.45, 2.75) is 79.7 Å². The average molecular weight is 573 g/mol. The number of fused-ring (bicyclic) bond motifs is 2. The second kappa shape index (κ2) is 10.9. The molecule has 2 heterocycles. The molecule has 0 atom stereocenters. The van der Waals surface area contributed by atoms with Crippen molar-refractivity contribution in [2.24, 2.45) is 10.8 Å². The zero-order valence-corrected chi connectivity index (χ0v) is 25.5. The molecule has 10 heteroatoms. The van der Waals surface area contributed by atoms with Crippen LogP contribution in [0.3, 0.4) is 0 Å². The van der Waals surface area contributed by atoms with E-state index in [1.807, 2.05) is 36.4 Å². The van der Waals surface area contributed by atoms with E-state index in [1.54, 1.807) is 55.4 Å². The maximum atomic E-state index is 12.6. The van der Waals surface area contributed by atoms with E-state index in [1.165, 1.54) is 0 Å². The number of hydrogen-bond donors (Lipinski definition) is 6. The zero-order valence-electron chi connectivity index (χ0n) is 25.5. The third-order valence-corrected chi connectivity index (χ3v) is 8.44. The van der Waals surface area contributed by atoms with Crippen molar-refractivity contribution in [2.75, 3.05) is 0 Å². The van der Waals surface area contributed by atoms with E-state index in [-0.39, 0.29) is 24.9 Å². The van der Waals surface area contributed by atoms with Crippen molar-refractivity contribution in [1.29, 1.82) is 0 Å². The van der Waals surface area contributed by atoms with E-state index >= 15 is 0 Å². The van der Waals surface area contributed by atoms with Crippen molar-refractivity contribution in [3.05, 3.63) is 59.2 Å². The van der Waals surface area contributed by atoms with Crippen LogP contribution in [0.5, 0.6) is 0 Å². The molecule has 0 radical (unpaired) electrons. The van der Waals surface area contributed by atoms with E-state index in [0.29, 0.717) is 11.6 Å². The lowest BCUT2D eigenvalue weighted by Crippen LogP contribution is -2.50. The number of benzene rings is 2. The molecule has 4 rings (SSSR count). The van der Waals surface area contributed by atoms with Crippen LogP contribution >= 0.6 is 0 Å². The quantitative estimate of drug-likeness (QED) is 0.177. The normalized spacial score (nSPS) is 12.7. The Balaban J connectivity index is 1.43. The van der Waals surface area contributed by atoms with Crippen LogP contribution in [0.4, 0.5) is 0 Å². The minimum atomic E-state index is -1.17. The standard InChI is InChI=1S/C32H40N6O4/c1-29(2,31(5,6)41)27(39)33-17-25-35-21-13-11-19(15-23(21)37-25)9-10-20-12-14-22-24(16-20)38-26(36-22)18-34-28(40)30(3,4)32(7,8)42/h11-16,41-42H,17-18H2,1-8H3,(H,33,39)(H,34,40)(H,35,37)(H,36,38). The molecular formula is C32H40N6O4. The van der Waals surface area contributed by atoms with Crippen molar-refractivity contribution < 1.29 is 19.8 Å². The molecule has 222 valence electrons. The molecule has 10 nitrogen and oxygen atoms in total. The number of aliphatic hydroxyl groups is 2. The summed E-state index contributed by atoms with van der Waals surface area (Å²) in [5.41, 5.74) is 0.451. The minimum Gasteiger partial charge on any atom is -0.389 e. The molecule has 4 aromatic rings. The number of aromatic amines is 2. The van der Waals surface area contributed by atoms with Crippen LogP contribution in [-0.2, 0) is 22.7 Å². The first-order chi connectivity index (χ1) is 19.4. The molecule has 2 aromatic heterocycles. The Bertz CT molecular complexity index is 1580. The largest absolute Gasteiger partial charge is 0.389 e. The van der Waals surface area contributed by atoms with Crippen molar-refractivity contribution >= 4 is 33.9 Å². The van der Waals surface area contributed by atoms with E-state index in [2.05, 4.69) is 42.4 Å². The van der Waals surface area contributed by atoms with Gasteiger partial charge in [0.25, 0.3) is 0 Å². The summed E-state index contributed by atoms with van der Waals surface area (Å²) in [6, 6.07) is 11.3. The van der Waals surface area contributed by atoms with E-state index in [9.17, 15) is 19.8 Å². The third-order valence-electron chi connectivity index (χ3n) is 8.44. The van der Waals surface area contributed by atoms with Crippen LogP contribution in [0, 0.1) is 22.7 Å². The first kappa shape index (κ1) is 30.8. The van der Waals surface area contributed by atoms with Gasteiger partial charge in [-0.15, -0.1) is 0 Å². The SMILES string of the molecule is CC(C)(O)C(C)(C)C(=O)NCc1nc2ccc(C#Cc3ccc4nc(CNC(=O)C(C)(C)C(C)(C)O)[nH]c4c3)cc2[nH]1. The predicted molar refractivity (Wildman–Crippen MR) is 162 cm³/mol. The molecule has 42 heavy (non-hydrogen) atoms. The van der Waals surface area contributed by atoms with Gasteiger partial charge in [0.1, 0.15) is 11.6 Å². The monoisotopic (exact) mass is 572 g/mol.